The van der Waals surface area contributed by atoms with Gasteiger partial charge in [0.25, 0.3) is 0 Å². The Bertz CT molecular complexity index is 873. The second-order valence-corrected chi connectivity index (χ2v) is 5.78. The van der Waals surface area contributed by atoms with E-state index in [9.17, 15) is 4.39 Å². The zero-order valence-corrected chi connectivity index (χ0v) is 13.1. The van der Waals surface area contributed by atoms with Crippen LogP contribution in [-0.2, 0) is 6.42 Å². The lowest BCUT2D eigenvalue weighted by molar-refractivity contribution is 0.643. The highest BCUT2D eigenvalue weighted by molar-refractivity contribution is 5.88. The van der Waals surface area contributed by atoms with Gasteiger partial charge in [-0.25, -0.2) is 4.39 Å². The molecule has 0 aliphatic heterocycles. The quantitative estimate of drug-likeness (QED) is 0.592. The van der Waals surface area contributed by atoms with Gasteiger partial charge in [-0.2, -0.15) is 5.26 Å². The molecule has 3 aromatic carbocycles. The van der Waals surface area contributed by atoms with E-state index >= 15 is 0 Å². The number of nitrogens with zero attached hydrogens (tertiary/aromatic N) is 1. The van der Waals surface area contributed by atoms with Crippen molar-refractivity contribution in [3.63, 3.8) is 0 Å². The minimum absolute atomic E-state index is 0.200. The minimum atomic E-state index is -0.200. The van der Waals surface area contributed by atoms with E-state index in [-0.39, 0.29) is 5.82 Å². The van der Waals surface area contributed by atoms with Crippen LogP contribution in [0, 0.1) is 17.1 Å². The molecule has 0 spiro atoms. The maximum absolute atomic E-state index is 14.9. The molecule has 0 bridgehead atoms. The zero-order valence-electron chi connectivity index (χ0n) is 13.1. The van der Waals surface area contributed by atoms with Gasteiger partial charge < -0.3 is 0 Å². The summed E-state index contributed by atoms with van der Waals surface area (Å²) in [7, 11) is 0. The summed E-state index contributed by atoms with van der Waals surface area (Å²) in [6.45, 7) is 2.17. The monoisotopic (exact) mass is 303 g/mol. The summed E-state index contributed by atoms with van der Waals surface area (Å²) >= 11 is 0. The molecule has 23 heavy (non-hydrogen) atoms. The van der Waals surface area contributed by atoms with Gasteiger partial charge in [-0.05, 0) is 41.5 Å². The first-order valence-electron chi connectivity index (χ1n) is 7.94. The van der Waals surface area contributed by atoms with E-state index in [4.69, 9.17) is 5.26 Å². The molecule has 3 aromatic rings. The zero-order chi connectivity index (χ0) is 16.2. The SMILES string of the molecule is CCCCc1ccc2c(F)c(-c3ccc(C#N)cc3)ccc2c1. The van der Waals surface area contributed by atoms with Gasteiger partial charge in [0, 0.05) is 10.9 Å². The van der Waals surface area contributed by atoms with Crippen LogP contribution in [0.25, 0.3) is 21.9 Å². The summed E-state index contributed by atoms with van der Waals surface area (Å²) in [6, 6.07) is 18.9. The lowest BCUT2D eigenvalue weighted by Crippen LogP contribution is -1.90. The fraction of sp³-hybridized carbons (Fsp3) is 0.190. The van der Waals surface area contributed by atoms with Crippen molar-refractivity contribution in [3.8, 4) is 17.2 Å². The molecular weight excluding hydrogens is 285 g/mol. The van der Waals surface area contributed by atoms with Gasteiger partial charge in [0.05, 0.1) is 11.6 Å². The molecule has 0 N–H and O–H groups in total. The van der Waals surface area contributed by atoms with Crippen LogP contribution in [0.4, 0.5) is 4.39 Å². The van der Waals surface area contributed by atoms with Gasteiger partial charge in [0.15, 0.2) is 0 Å². The highest BCUT2D eigenvalue weighted by Crippen LogP contribution is 2.30. The summed E-state index contributed by atoms with van der Waals surface area (Å²) in [5, 5.41) is 10.4. The average molecular weight is 303 g/mol. The lowest BCUT2D eigenvalue weighted by Gasteiger charge is -2.09. The maximum Gasteiger partial charge on any atom is 0.138 e. The van der Waals surface area contributed by atoms with Crippen molar-refractivity contribution in [2.45, 2.75) is 26.2 Å². The molecule has 0 aromatic heterocycles. The lowest BCUT2D eigenvalue weighted by atomic mass is 9.97. The van der Waals surface area contributed by atoms with Crippen LogP contribution in [0.1, 0.15) is 30.9 Å². The van der Waals surface area contributed by atoms with E-state index in [0.29, 0.717) is 16.5 Å². The summed E-state index contributed by atoms with van der Waals surface area (Å²) in [5.74, 6) is -0.200. The van der Waals surface area contributed by atoms with Gasteiger partial charge in [-0.1, -0.05) is 55.8 Å². The van der Waals surface area contributed by atoms with E-state index in [0.717, 1.165) is 30.2 Å². The topological polar surface area (TPSA) is 23.8 Å². The fourth-order valence-corrected chi connectivity index (χ4v) is 2.83. The van der Waals surface area contributed by atoms with Crippen LogP contribution in [0.5, 0.6) is 0 Å². The van der Waals surface area contributed by atoms with Crippen LogP contribution in [0.3, 0.4) is 0 Å². The molecule has 0 atom stereocenters. The maximum atomic E-state index is 14.9. The van der Waals surface area contributed by atoms with Crippen LogP contribution in [-0.4, -0.2) is 0 Å². The third-order valence-corrected chi connectivity index (χ3v) is 4.16. The average Bonchev–Trinajstić information content (AvgIpc) is 2.60. The predicted molar refractivity (Wildman–Crippen MR) is 92.7 cm³/mol. The summed E-state index contributed by atoms with van der Waals surface area (Å²) in [4.78, 5) is 0. The van der Waals surface area contributed by atoms with Gasteiger partial charge in [0.2, 0.25) is 0 Å². The standard InChI is InChI=1S/C21H18FN/c1-2-3-4-15-7-11-20-18(13-15)10-12-19(21(20)22)17-8-5-16(14-23)6-9-17/h5-13H,2-4H2,1H3. The van der Waals surface area contributed by atoms with Gasteiger partial charge in [-0.15, -0.1) is 0 Å². The Morgan fingerprint density at radius 3 is 2.48 bits per heavy atom. The predicted octanol–water partition coefficient (Wildman–Crippen LogP) is 5.86. The normalized spacial score (nSPS) is 10.7. The number of fused-ring (bicyclic) bond motifs is 1. The Hall–Kier alpha value is -2.66. The third kappa shape index (κ3) is 3.10. The van der Waals surface area contributed by atoms with Crippen molar-refractivity contribution >= 4 is 10.8 Å². The molecule has 114 valence electrons. The van der Waals surface area contributed by atoms with Crippen molar-refractivity contribution in [1.29, 1.82) is 5.26 Å². The molecule has 1 nitrogen and oxygen atoms in total. The Balaban J connectivity index is 2.02. The van der Waals surface area contributed by atoms with Crippen LogP contribution in [0.15, 0.2) is 54.6 Å². The summed E-state index contributed by atoms with van der Waals surface area (Å²) < 4.78 is 14.9. The number of nitriles is 1. The number of halogens is 1. The van der Waals surface area contributed by atoms with Crippen molar-refractivity contribution in [3.05, 3.63) is 71.5 Å². The first-order chi connectivity index (χ1) is 11.2. The van der Waals surface area contributed by atoms with E-state index in [2.05, 4.69) is 19.1 Å². The van der Waals surface area contributed by atoms with Crippen LogP contribution >= 0.6 is 0 Å². The third-order valence-electron chi connectivity index (χ3n) is 4.16. The molecule has 3 rings (SSSR count). The Kier molecular flexibility index (Phi) is 4.39. The van der Waals surface area contributed by atoms with Gasteiger partial charge >= 0.3 is 0 Å². The van der Waals surface area contributed by atoms with Crippen molar-refractivity contribution < 1.29 is 4.39 Å². The number of unbranched alkanes of at least 4 members (excludes halogenated alkanes) is 1. The number of benzene rings is 3. The van der Waals surface area contributed by atoms with E-state index in [1.54, 1.807) is 24.3 Å². The van der Waals surface area contributed by atoms with E-state index < -0.39 is 0 Å². The van der Waals surface area contributed by atoms with Crippen molar-refractivity contribution in [1.82, 2.24) is 0 Å². The number of rotatable bonds is 4. The Labute approximate surface area is 136 Å². The first kappa shape index (κ1) is 15.2. The van der Waals surface area contributed by atoms with Crippen molar-refractivity contribution in [2.24, 2.45) is 0 Å². The van der Waals surface area contributed by atoms with Crippen molar-refractivity contribution in [2.75, 3.05) is 0 Å². The minimum Gasteiger partial charge on any atom is -0.206 e. The highest BCUT2D eigenvalue weighted by atomic mass is 19.1. The van der Waals surface area contributed by atoms with Crippen LogP contribution < -0.4 is 0 Å². The smallest absolute Gasteiger partial charge is 0.138 e. The molecule has 0 fully saturated rings. The number of hydrogen-bond donors (Lipinski definition) is 0. The fourth-order valence-electron chi connectivity index (χ4n) is 2.83. The molecule has 2 heteroatoms. The van der Waals surface area contributed by atoms with Crippen LogP contribution in [0.2, 0.25) is 0 Å². The molecule has 0 radical (unpaired) electrons. The largest absolute Gasteiger partial charge is 0.206 e. The molecule has 0 aliphatic rings. The second-order valence-electron chi connectivity index (χ2n) is 5.78. The molecule has 0 heterocycles. The number of hydrogen-bond acceptors (Lipinski definition) is 1. The van der Waals surface area contributed by atoms with Gasteiger partial charge in [0.1, 0.15) is 5.82 Å². The first-order valence-corrected chi connectivity index (χ1v) is 7.94. The Morgan fingerprint density at radius 2 is 1.78 bits per heavy atom. The molecule has 0 saturated carbocycles. The highest BCUT2D eigenvalue weighted by Gasteiger charge is 2.10. The second kappa shape index (κ2) is 6.62. The molecule has 0 saturated heterocycles. The number of aryl methyl sites for hydroxylation is 1. The molecule has 0 amide bonds. The van der Waals surface area contributed by atoms with Gasteiger partial charge in [-0.3, -0.25) is 0 Å². The molecule has 0 aliphatic carbocycles. The van der Waals surface area contributed by atoms with E-state index in [1.807, 2.05) is 24.3 Å². The summed E-state index contributed by atoms with van der Waals surface area (Å²) in [5.41, 5.74) is 3.20. The molecular formula is C21H18FN. The summed E-state index contributed by atoms with van der Waals surface area (Å²) in [6.07, 6.45) is 3.34. The Morgan fingerprint density at radius 1 is 1.00 bits per heavy atom. The van der Waals surface area contributed by atoms with E-state index in [1.165, 1.54) is 5.56 Å². The molecule has 0 unspecified atom stereocenters.